The molecule has 0 bridgehead atoms. The lowest BCUT2D eigenvalue weighted by molar-refractivity contribution is 0.0206. The van der Waals surface area contributed by atoms with E-state index in [9.17, 15) is 9.59 Å². The van der Waals surface area contributed by atoms with Crippen molar-refractivity contribution in [2.75, 3.05) is 6.61 Å². The van der Waals surface area contributed by atoms with Gasteiger partial charge in [-0.2, -0.15) is 0 Å². The van der Waals surface area contributed by atoms with E-state index in [1.54, 1.807) is 12.1 Å². The molecule has 0 fully saturated rings. The van der Waals surface area contributed by atoms with Crippen molar-refractivity contribution in [2.24, 2.45) is 5.92 Å². The monoisotopic (exact) mass is 237 g/mol. The van der Waals surface area contributed by atoms with Crippen LogP contribution in [0, 0.1) is 5.92 Å². The van der Waals surface area contributed by atoms with Crippen LogP contribution in [0.25, 0.3) is 0 Å². The van der Waals surface area contributed by atoms with Crippen LogP contribution in [0.4, 0.5) is 0 Å². The molecule has 0 heterocycles. The maximum absolute atomic E-state index is 11.7. The van der Waals surface area contributed by atoms with Gasteiger partial charge in [-0.05, 0) is 18.1 Å². The van der Waals surface area contributed by atoms with Crippen LogP contribution >= 0.6 is 0 Å². The molecule has 92 valence electrons. The Morgan fingerprint density at radius 1 is 1.29 bits per heavy atom. The standard InChI is InChI=1S/C12H15NO4/c1-8(2)7-17-13-11(14)9-5-3-4-6-10(9)12(15)16/h3-6,8H,7H2,1-2H3,(H,13,14)(H,15,16). The summed E-state index contributed by atoms with van der Waals surface area (Å²) in [5.41, 5.74) is 2.27. The Balaban J connectivity index is 2.72. The molecule has 0 radical (unpaired) electrons. The Morgan fingerprint density at radius 3 is 2.41 bits per heavy atom. The molecule has 0 aliphatic rings. The summed E-state index contributed by atoms with van der Waals surface area (Å²) < 4.78 is 0. The van der Waals surface area contributed by atoms with Crippen LogP contribution in [-0.2, 0) is 4.84 Å². The van der Waals surface area contributed by atoms with E-state index in [-0.39, 0.29) is 17.0 Å². The number of hydroxylamine groups is 1. The number of carbonyl (C=O) groups is 2. The van der Waals surface area contributed by atoms with Gasteiger partial charge in [0.25, 0.3) is 5.91 Å². The highest BCUT2D eigenvalue weighted by atomic mass is 16.6. The van der Waals surface area contributed by atoms with Gasteiger partial charge >= 0.3 is 5.97 Å². The van der Waals surface area contributed by atoms with Crippen LogP contribution in [0.5, 0.6) is 0 Å². The number of nitrogens with one attached hydrogen (secondary N) is 1. The van der Waals surface area contributed by atoms with Gasteiger partial charge in [-0.25, -0.2) is 10.3 Å². The molecule has 0 aromatic heterocycles. The molecule has 2 N–H and O–H groups in total. The van der Waals surface area contributed by atoms with Crippen LogP contribution < -0.4 is 5.48 Å². The molecule has 0 spiro atoms. The third-order valence-corrected chi connectivity index (χ3v) is 1.98. The molecule has 1 amide bonds. The minimum atomic E-state index is -1.14. The maximum Gasteiger partial charge on any atom is 0.336 e. The highest BCUT2D eigenvalue weighted by molar-refractivity contribution is 6.04. The Hall–Kier alpha value is -1.88. The van der Waals surface area contributed by atoms with Crippen molar-refractivity contribution >= 4 is 11.9 Å². The van der Waals surface area contributed by atoms with Crippen molar-refractivity contribution in [3.05, 3.63) is 35.4 Å². The van der Waals surface area contributed by atoms with Gasteiger partial charge in [0.05, 0.1) is 17.7 Å². The number of amides is 1. The summed E-state index contributed by atoms with van der Waals surface area (Å²) in [5.74, 6) is -1.41. The Labute approximate surface area is 99.4 Å². The summed E-state index contributed by atoms with van der Waals surface area (Å²) in [6, 6.07) is 5.98. The molecule has 1 aromatic rings. The molecule has 5 nitrogen and oxygen atoms in total. The minimum Gasteiger partial charge on any atom is -0.478 e. The van der Waals surface area contributed by atoms with Crippen molar-refractivity contribution < 1.29 is 19.5 Å². The maximum atomic E-state index is 11.7. The van der Waals surface area contributed by atoms with Gasteiger partial charge in [0.2, 0.25) is 0 Å². The first kappa shape index (κ1) is 13.2. The first-order valence-corrected chi connectivity index (χ1v) is 5.26. The third-order valence-electron chi connectivity index (χ3n) is 1.98. The number of carbonyl (C=O) groups excluding carboxylic acids is 1. The first-order valence-electron chi connectivity index (χ1n) is 5.26. The molecule has 0 aliphatic carbocycles. The number of hydrogen-bond acceptors (Lipinski definition) is 3. The molecule has 0 atom stereocenters. The molecule has 0 unspecified atom stereocenters. The average Bonchev–Trinajstić information content (AvgIpc) is 2.28. The Kier molecular flexibility index (Phi) is 4.66. The van der Waals surface area contributed by atoms with Crippen molar-refractivity contribution in [3.63, 3.8) is 0 Å². The number of carboxylic acids is 1. The Bertz CT molecular complexity index is 415. The number of benzene rings is 1. The van der Waals surface area contributed by atoms with E-state index in [0.717, 1.165) is 0 Å². The predicted molar refractivity (Wildman–Crippen MR) is 61.7 cm³/mol. The van der Waals surface area contributed by atoms with Crippen molar-refractivity contribution in [2.45, 2.75) is 13.8 Å². The van der Waals surface area contributed by atoms with Crippen LogP contribution in [0.3, 0.4) is 0 Å². The summed E-state index contributed by atoms with van der Waals surface area (Å²) in [5, 5.41) is 8.91. The summed E-state index contributed by atoms with van der Waals surface area (Å²) in [6.07, 6.45) is 0. The molecule has 0 aliphatic heterocycles. The quantitative estimate of drug-likeness (QED) is 0.764. The molecular weight excluding hydrogens is 222 g/mol. The number of rotatable bonds is 5. The fourth-order valence-corrected chi connectivity index (χ4v) is 1.20. The normalized spacial score (nSPS) is 10.3. The molecule has 5 heteroatoms. The average molecular weight is 237 g/mol. The van der Waals surface area contributed by atoms with E-state index in [4.69, 9.17) is 9.94 Å². The van der Waals surface area contributed by atoms with E-state index < -0.39 is 11.9 Å². The van der Waals surface area contributed by atoms with Crippen molar-refractivity contribution in [1.29, 1.82) is 0 Å². The second kappa shape index (κ2) is 6.00. The van der Waals surface area contributed by atoms with Crippen molar-refractivity contribution in [3.8, 4) is 0 Å². The van der Waals surface area contributed by atoms with Gasteiger partial charge in [0.15, 0.2) is 0 Å². The van der Waals surface area contributed by atoms with E-state index in [1.165, 1.54) is 12.1 Å². The van der Waals surface area contributed by atoms with Gasteiger partial charge in [0, 0.05) is 0 Å². The topological polar surface area (TPSA) is 75.6 Å². The minimum absolute atomic E-state index is 0.0434. The van der Waals surface area contributed by atoms with Gasteiger partial charge in [-0.15, -0.1) is 0 Å². The van der Waals surface area contributed by atoms with E-state index in [2.05, 4.69) is 5.48 Å². The number of aromatic carboxylic acids is 1. The van der Waals surface area contributed by atoms with E-state index >= 15 is 0 Å². The summed E-state index contributed by atoms with van der Waals surface area (Å²) >= 11 is 0. The summed E-state index contributed by atoms with van der Waals surface area (Å²) in [4.78, 5) is 27.5. The second-order valence-electron chi connectivity index (χ2n) is 3.99. The SMILES string of the molecule is CC(C)CONC(=O)c1ccccc1C(=O)O. The smallest absolute Gasteiger partial charge is 0.336 e. The van der Waals surface area contributed by atoms with Gasteiger partial charge < -0.3 is 5.11 Å². The highest BCUT2D eigenvalue weighted by Gasteiger charge is 2.15. The van der Waals surface area contributed by atoms with Gasteiger partial charge in [-0.3, -0.25) is 9.63 Å². The third kappa shape index (κ3) is 3.88. The van der Waals surface area contributed by atoms with Crippen LogP contribution in [0.2, 0.25) is 0 Å². The molecule has 17 heavy (non-hydrogen) atoms. The zero-order valence-corrected chi connectivity index (χ0v) is 9.77. The lowest BCUT2D eigenvalue weighted by Gasteiger charge is -2.09. The lowest BCUT2D eigenvalue weighted by atomic mass is 10.1. The van der Waals surface area contributed by atoms with Crippen LogP contribution in [-0.4, -0.2) is 23.6 Å². The van der Waals surface area contributed by atoms with Gasteiger partial charge in [-0.1, -0.05) is 26.0 Å². The predicted octanol–water partition coefficient (Wildman–Crippen LogP) is 1.70. The fraction of sp³-hybridized carbons (Fsp3) is 0.333. The molecule has 1 rings (SSSR count). The van der Waals surface area contributed by atoms with Crippen LogP contribution in [0.1, 0.15) is 34.6 Å². The lowest BCUT2D eigenvalue weighted by Crippen LogP contribution is -2.27. The zero-order valence-electron chi connectivity index (χ0n) is 9.77. The molecular formula is C12H15NO4. The molecule has 0 saturated heterocycles. The zero-order chi connectivity index (χ0) is 12.8. The first-order chi connectivity index (χ1) is 8.02. The number of carboxylic acid groups (broad SMARTS) is 1. The fourth-order valence-electron chi connectivity index (χ4n) is 1.20. The van der Waals surface area contributed by atoms with Gasteiger partial charge in [0.1, 0.15) is 0 Å². The molecule has 0 saturated carbocycles. The van der Waals surface area contributed by atoms with E-state index in [1.807, 2.05) is 13.8 Å². The van der Waals surface area contributed by atoms with Crippen LogP contribution in [0.15, 0.2) is 24.3 Å². The summed E-state index contributed by atoms with van der Waals surface area (Å²) in [7, 11) is 0. The van der Waals surface area contributed by atoms with Crippen molar-refractivity contribution in [1.82, 2.24) is 5.48 Å². The summed E-state index contributed by atoms with van der Waals surface area (Å²) in [6.45, 7) is 4.26. The molecule has 1 aromatic carbocycles. The Morgan fingerprint density at radius 2 is 1.88 bits per heavy atom. The second-order valence-corrected chi connectivity index (χ2v) is 3.99. The number of hydrogen-bond donors (Lipinski definition) is 2. The largest absolute Gasteiger partial charge is 0.478 e. The highest BCUT2D eigenvalue weighted by Crippen LogP contribution is 2.08. The van der Waals surface area contributed by atoms with E-state index in [0.29, 0.717) is 6.61 Å².